The number of carbonyl (C=O) groups excluding carboxylic acids is 2. The van der Waals surface area contributed by atoms with Crippen LogP contribution in [0.1, 0.15) is 36.8 Å². The van der Waals surface area contributed by atoms with E-state index in [9.17, 15) is 13.2 Å². The van der Waals surface area contributed by atoms with Gasteiger partial charge in [0, 0.05) is 31.1 Å². The smallest absolute Gasteiger partial charge is 0.265 e. The van der Waals surface area contributed by atoms with Gasteiger partial charge in [0.2, 0.25) is 11.8 Å². The van der Waals surface area contributed by atoms with Gasteiger partial charge in [-0.15, -0.1) is 0 Å². The number of methoxy groups -OCH3 is 5. The lowest BCUT2D eigenvalue weighted by atomic mass is 10.0. The molecule has 0 saturated heterocycles. The Hall–Kier alpha value is -5.43. The third kappa shape index (κ3) is 9.33. The molecule has 282 valence electrons. The van der Waals surface area contributed by atoms with Crippen LogP contribution in [0.5, 0.6) is 28.7 Å². The van der Waals surface area contributed by atoms with Crippen LogP contribution in [-0.2, 0) is 32.6 Å². The third-order valence-electron chi connectivity index (χ3n) is 9.34. The Kier molecular flexibility index (Phi) is 13.1. The number of hydrogen-bond acceptors (Lipinski definition) is 9. The van der Waals surface area contributed by atoms with Crippen LogP contribution in [0.15, 0.2) is 95.9 Å². The minimum absolute atomic E-state index is 0.00882. The van der Waals surface area contributed by atoms with Crippen LogP contribution in [0.2, 0.25) is 0 Å². The van der Waals surface area contributed by atoms with Crippen LogP contribution in [0.25, 0.3) is 0 Å². The summed E-state index contributed by atoms with van der Waals surface area (Å²) in [6.45, 7) is -0.697. The quantitative estimate of drug-likeness (QED) is 0.146. The first-order chi connectivity index (χ1) is 25.6. The molecule has 0 heterocycles. The van der Waals surface area contributed by atoms with Gasteiger partial charge in [-0.25, -0.2) is 8.42 Å². The normalized spacial score (nSPS) is 13.5. The standard InChI is InChI=1S/C40H47N3O9S/c1-48-31-17-11-14-29(22-31)26-42(35(23-28-12-7-6-8-13-28)40(45)41-30-15-9-10-16-30)39(44)27-43(34-24-32(49-2)18-20-36(34)50-3)53(46,47)33-19-21-37(51-4)38(25-33)52-5/h6-8,11-14,17-22,24-25,30,35H,9-10,15-16,23,26-27H2,1-5H3,(H,41,45)/t35-/m0/s1. The molecule has 1 atom stereocenters. The summed E-state index contributed by atoms with van der Waals surface area (Å²) in [6.07, 6.45) is 3.90. The van der Waals surface area contributed by atoms with E-state index in [0.717, 1.165) is 35.6 Å². The van der Waals surface area contributed by atoms with Gasteiger partial charge in [-0.3, -0.25) is 13.9 Å². The highest BCUT2D eigenvalue weighted by atomic mass is 32.2. The van der Waals surface area contributed by atoms with Crippen LogP contribution in [0, 0.1) is 0 Å². The number of benzene rings is 4. The molecule has 1 aliphatic carbocycles. The van der Waals surface area contributed by atoms with Crippen molar-refractivity contribution in [2.24, 2.45) is 0 Å². The number of anilines is 1. The molecule has 1 N–H and O–H groups in total. The molecule has 0 bridgehead atoms. The molecule has 53 heavy (non-hydrogen) atoms. The van der Waals surface area contributed by atoms with Crippen molar-refractivity contribution in [1.82, 2.24) is 10.2 Å². The van der Waals surface area contributed by atoms with Crippen molar-refractivity contribution in [3.63, 3.8) is 0 Å². The molecular weight excluding hydrogens is 699 g/mol. The molecule has 0 unspecified atom stereocenters. The molecule has 2 amide bonds. The fourth-order valence-corrected chi connectivity index (χ4v) is 7.93. The van der Waals surface area contributed by atoms with E-state index in [2.05, 4.69) is 5.32 Å². The molecular formula is C40H47N3O9S. The van der Waals surface area contributed by atoms with Crippen molar-refractivity contribution in [3.05, 3.63) is 102 Å². The number of sulfonamides is 1. The second kappa shape index (κ2) is 17.9. The summed E-state index contributed by atoms with van der Waals surface area (Å²) in [5, 5.41) is 3.19. The number of amides is 2. The van der Waals surface area contributed by atoms with Crippen molar-refractivity contribution in [2.75, 3.05) is 46.4 Å². The second-order valence-corrected chi connectivity index (χ2v) is 14.5. The van der Waals surface area contributed by atoms with E-state index in [4.69, 9.17) is 23.7 Å². The van der Waals surface area contributed by atoms with Gasteiger partial charge in [0.1, 0.15) is 29.8 Å². The minimum Gasteiger partial charge on any atom is -0.497 e. The molecule has 4 aromatic rings. The largest absolute Gasteiger partial charge is 0.497 e. The van der Waals surface area contributed by atoms with Crippen molar-refractivity contribution >= 4 is 27.5 Å². The molecule has 0 radical (unpaired) electrons. The van der Waals surface area contributed by atoms with E-state index in [1.54, 1.807) is 37.4 Å². The number of ether oxygens (including phenoxy) is 5. The average Bonchev–Trinajstić information content (AvgIpc) is 3.71. The lowest BCUT2D eigenvalue weighted by molar-refractivity contribution is -0.140. The lowest BCUT2D eigenvalue weighted by Crippen LogP contribution is -2.54. The molecule has 0 aromatic heterocycles. The van der Waals surface area contributed by atoms with Crippen LogP contribution in [0.4, 0.5) is 5.69 Å². The van der Waals surface area contributed by atoms with Crippen LogP contribution in [-0.4, -0.2) is 79.3 Å². The summed E-state index contributed by atoms with van der Waals surface area (Å²) < 4.78 is 57.9. The first kappa shape index (κ1) is 38.8. The minimum atomic E-state index is -4.51. The van der Waals surface area contributed by atoms with Gasteiger partial charge in [-0.05, 0) is 60.4 Å². The van der Waals surface area contributed by atoms with Gasteiger partial charge in [-0.2, -0.15) is 0 Å². The number of nitrogens with one attached hydrogen (secondary N) is 1. The Balaban J connectivity index is 1.65. The maximum atomic E-state index is 15.0. The van der Waals surface area contributed by atoms with Crippen molar-refractivity contribution < 1.29 is 41.7 Å². The van der Waals surface area contributed by atoms with E-state index in [0.29, 0.717) is 22.8 Å². The molecule has 12 nitrogen and oxygen atoms in total. The summed E-state index contributed by atoms with van der Waals surface area (Å²) in [6, 6.07) is 24.5. The van der Waals surface area contributed by atoms with Gasteiger partial charge >= 0.3 is 0 Å². The summed E-state index contributed by atoms with van der Waals surface area (Å²) in [5.41, 5.74) is 1.59. The van der Waals surface area contributed by atoms with Crippen LogP contribution < -0.4 is 33.3 Å². The van der Waals surface area contributed by atoms with Gasteiger partial charge in [0.05, 0.1) is 46.1 Å². The predicted molar refractivity (Wildman–Crippen MR) is 202 cm³/mol. The average molecular weight is 746 g/mol. The number of hydrogen-bond donors (Lipinski definition) is 1. The zero-order valence-electron chi connectivity index (χ0n) is 30.7. The Morgan fingerprint density at radius 2 is 1.36 bits per heavy atom. The highest BCUT2D eigenvalue weighted by Crippen LogP contribution is 2.38. The van der Waals surface area contributed by atoms with Crippen molar-refractivity contribution in [1.29, 1.82) is 0 Å². The first-order valence-electron chi connectivity index (χ1n) is 17.3. The molecule has 1 fully saturated rings. The topological polar surface area (TPSA) is 133 Å². The van der Waals surface area contributed by atoms with Crippen LogP contribution >= 0.6 is 0 Å². The maximum Gasteiger partial charge on any atom is 0.265 e. The fraction of sp³-hybridized carbons (Fsp3) is 0.350. The maximum absolute atomic E-state index is 15.0. The zero-order chi connectivity index (χ0) is 38.0. The molecule has 13 heteroatoms. The monoisotopic (exact) mass is 745 g/mol. The highest BCUT2D eigenvalue weighted by Gasteiger charge is 2.37. The Morgan fingerprint density at radius 3 is 2.02 bits per heavy atom. The van der Waals surface area contributed by atoms with E-state index >= 15 is 4.79 Å². The molecule has 5 rings (SSSR count). The van der Waals surface area contributed by atoms with Gasteiger partial charge in [0.25, 0.3) is 10.0 Å². The summed E-state index contributed by atoms with van der Waals surface area (Å²) in [5.74, 6) is 0.671. The van der Waals surface area contributed by atoms with Gasteiger partial charge in [0.15, 0.2) is 11.5 Å². The summed E-state index contributed by atoms with van der Waals surface area (Å²) >= 11 is 0. The summed E-state index contributed by atoms with van der Waals surface area (Å²) in [7, 11) is 2.75. The number of carbonyl (C=O) groups is 2. The highest BCUT2D eigenvalue weighted by molar-refractivity contribution is 7.92. The molecule has 1 aliphatic rings. The van der Waals surface area contributed by atoms with E-state index in [-0.39, 0.29) is 47.0 Å². The molecule has 1 saturated carbocycles. The molecule has 0 aliphatic heterocycles. The second-order valence-electron chi connectivity index (χ2n) is 12.6. The Labute approximate surface area is 311 Å². The number of rotatable bonds is 17. The molecule has 0 spiro atoms. The zero-order valence-corrected chi connectivity index (χ0v) is 31.6. The predicted octanol–water partition coefficient (Wildman–Crippen LogP) is 5.62. The third-order valence-corrected chi connectivity index (χ3v) is 11.1. The van der Waals surface area contributed by atoms with Gasteiger partial charge < -0.3 is 33.9 Å². The lowest BCUT2D eigenvalue weighted by Gasteiger charge is -2.34. The van der Waals surface area contributed by atoms with E-state index in [1.807, 2.05) is 36.4 Å². The SMILES string of the molecule is COc1cccc(CN(C(=O)CN(c2cc(OC)ccc2OC)S(=O)(=O)c2ccc(OC)c(OC)c2)[C@@H](Cc2ccccc2)C(=O)NC2CCCC2)c1. The van der Waals surface area contributed by atoms with E-state index < -0.39 is 28.5 Å². The van der Waals surface area contributed by atoms with E-state index in [1.165, 1.54) is 57.6 Å². The Bertz CT molecular complexity index is 1970. The number of nitrogens with zero attached hydrogens (tertiary/aromatic N) is 2. The van der Waals surface area contributed by atoms with Gasteiger partial charge in [-0.1, -0.05) is 55.3 Å². The first-order valence-corrected chi connectivity index (χ1v) is 18.8. The molecule has 4 aromatic carbocycles. The van der Waals surface area contributed by atoms with Crippen LogP contribution in [0.3, 0.4) is 0 Å². The van der Waals surface area contributed by atoms with Crippen molar-refractivity contribution in [2.45, 2.75) is 55.6 Å². The fourth-order valence-electron chi connectivity index (χ4n) is 6.50. The Morgan fingerprint density at radius 1 is 0.717 bits per heavy atom. The van der Waals surface area contributed by atoms with Crippen molar-refractivity contribution in [3.8, 4) is 28.7 Å². The summed E-state index contributed by atoms with van der Waals surface area (Å²) in [4.78, 5) is 30.6.